The first kappa shape index (κ1) is 15.5. The van der Waals surface area contributed by atoms with Crippen LogP contribution >= 0.6 is 0 Å². The van der Waals surface area contributed by atoms with Crippen LogP contribution in [0.1, 0.15) is 5.69 Å². The van der Waals surface area contributed by atoms with Gasteiger partial charge in [-0.15, -0.1) is 5.10 Å². The molecule has 0 aliphatic carbocycles. The third kappa shape index (κ3) is 7.50. The van der Waals surface area contributed by atoms with Gasteiger partial charge in [-0.3, -0.25) is 4.79 Å². The zero-order chi connectivity index (χ0) is 13.9. The highest BCUT2D eigenvalue weighted by atomic mass is 16.5. The maximum Gasteiger partial charge on any atom is 0.309 e. The molecular weight excluding hydrogens is 254 g/mol. The molecule has 0 saturated heterocycles. The molecule has 0 fully saturated rings. The van der Waals surface area contributed by atoms with Crippen LogP contribution in [-0.4, -0.2) is 66.2 Å². The molecule has 8 nitrogen and oxygen atoms in total. The maximum absolute atomic E-state index is 10.5. The van der Waals surface area contributed by atoms with Gasteiger partial charge in [-0.2, -0.15) is 0 Å². The van der Waals surface area contributed by atoms with E-state index < -0.39 is 5.97 Å². The SMILES string of the molecule is COCCOCCOCCn1cc(CC(=O)O)nn1. The molecule has 0 aliphatic rings. The lowest BCUT2D eigenvalue weighted by Gasteiger charge is -2.05. The van der Waals surface area contributed by atoms with Gasteiger partial charge in [0.05, 0.1) is 51.7 Å². The van der Waals surface area contributed by atoms with Crippen LogP contribution < -0.4 is 0 Å². The van der Waals surface area contributed by atoms with Crippen molar-refractivity contribution >= 4 is 5.97 Å². The second-order valence-electron chi connectivity index (χ2n) is 3.76. The van der Waals surface area contributed by atoms with Crippen LogP contribution in [0.5, 0.6) is 0 Å². The van der Waals surface area contributed by atoms with Crippen molar-refractivity contribution in [3.63, 3.8) is 0 Å². The molecule has 0 bridgehead atoms. The average molecular weight is 273 g/mol. The summed E-state index contributed by atoms with van der Waals surface area (Å²) in [6.45, 7) is 3.16. The van der Waals surface area contributed by atoms with Crippen molar-refractivity contribution in [2.75, 3.05) is 40.1 Å². The Morgan fingerprint density at radius 3 is 2.63 bits per heavy atom. The molecule has 0 unspecified atom stereocenters. The van der Waals surface area contributed by atoms with Crippen molar-refractivity contribution in [1.82, 2.24) is 15.0 Å². The number of ether oxygens (including phenoxy) is 3. The van der Waals surface area contributed by atoms with Crippen LogP contribution in [0.2, 0.25) is 0 Å². The predicted molar refractivity (Wildman–Crippen MR) is 64.9 cm³/mol. The largest absolute Gasteiger partial charge is 0.481 e. The lowest BCUT2D eigenvalue weighted by atomic mass is 10.3. The Morgan fingerprint density at radius 2 is 1.95 bits per heavy atom. The Bertz CT molecular complexity index is 369. The van der Waals surface area contributed by atoms with E-state index in [1.165, 1.54) is 0 Å². The highest BCUT2D eigenvalue weighted by Gasteiger charge is 2.05. The lowest BCUT2D eigenvalue weighted by molar-refractivity contribution is -0.136. The second-order valence-corrected chi connectivity index (χ2v) is 3.76. The van der Waals surface area contributed by atoms with Crippen LogP contribution in [0.3, 0.4) is 0 Å². The summed E-state index contributed by atoms with van der Waals surface area (Å²) in [6, 6.07) is 0. The van der Waals surface area contributed by atoms with Crippen molar-refractivity contribution < 1.29 is 24.1 Å². The number of nitrogens with zero attached hydrogens (tertiary/aromatic N) is 3. The number of hydrogen-bond donors (Lipinski definition) is 1. The van der Waals surface area contributed by atoms with Gasteiger partial charge in [0.15, 0.2) is 0 Å². The fourth-order valence-corrected chi connectivity index (χ4v) is 1.31. The van der Waals surface area contributed by atoms with Crippen LogP contribution in [0.15, 0.2) is 6.20 Å². The zero-order valence-corrected chi connectivity index (χ0v) is 10.9. The number of carboxylic acids is 1. The van der Waals surface area contributed by atoms with E-state index in [-0.39, 0.29) is 6.42 Å². The molecule has 1 aromatic rings. The molecule has 0 spiro atoms. The topological polar surface area (TPSA) is 95.7 Å². The van der Waals surface area contributed by atoms with Gasteiger partial charge in [-0.25, -0.2) is 4.68 Å². The summed E-state index contributed by atoms with van der Waals surface area (Å²) >= 11 is 0. The van der Waals surface area contributed by atoms with Gasteiger partial charge in [-0.05, 0) is 0 Å². The summed E-state index contributed by atoms with van der Waals surface area (Å²) in [7, 11) is 1.62. The highest BCUT2D eigenvalue weighted by Crippen LogP contribution is 1.94. The maximum atomic E-state index is 10.5. The van der Waals surface area contributed by atoms with Gasteiger partial charge in [0.2, 0.25) is 0 Å². The Kier molecular flexibility index (Phi) is 7.71. The Labute approximate surface area is 111 Å². The molecule has 1 N–H and O–H groups in total. The van der Waals surface area contributed by atoms with E-state index in [1.807, 2.05) is 0 Å². The molecule has 19 heavy (non-hydrogen) atoms. The summed E-state index contributed by atoms with van der Waals surface area (Å²) in [5, 5.41) is 16.1. The normalized spacial score (nSPS) is 10.8. The predicted octanol–water partition coefficient (Wildman–Crippen LogP) is -0.415. The number of carbonyl (C=O) groups is 1. The van der Waals surface area contributed by atoms with Crippen molar-refractivity contribution in [1.29, 1.82) is 0 Å². The van der Waals surface area contributed by atoms with Crippen LogP contribution in [-0.2, 0) is 32.0 Å². The number of hydrogen-bond acceptors (Lipinski definition) is 6. The fraction of sp³-hybridized carbons (Fsp3) is 0.727. The molecular formula is C11H19N3O5. The average Bonchev–Trinajstić information content (AvgIpc) is 2.79. The van der Waals surface area contributed by atoms with Crippen molar-refractivity contribution in [3.05, 3.63) is 11.9 Å². The monoisotopic (exact) mass is 273 g/mol. The smallest absolute Gasteiger partial charge is 0.309 e. The minimum atomic E-state index is -0.920. The fourth-order valence-electron chi connectivity index (χ4n) is 1.31. The molecule has 0 radical (unpaired) electrons. The first-order valence-electron chi connectivity index (χ1n) is 5.97. The molecule has 1 aromatic heterocycles. The lowest BCUT2D eigenvalue weighted by Crippen LogP contribution is -2.12. The molecule has 0 saturated carbocycles. The first-order chi connectivity index (χ1) is 9.22. The van der Waals surface area contributed by atoms with Gasteiger partial charge in [0.25, 0.3) is 0 Å². The molecule has 0 aliphatic heterocycles. The number of carboxylic acid groups (broad SMARTS) is 1. The molecule has 0 atom stereocenters. The highest BCUT2D eigenvalue weighted by molar-refractivity contribution is 5.69. The molecule has 1 heterocycles. The quantitative estimate of drug-likeness (QED) is 0.547. The summed E-state index contributed by atoms with van der Waals surface area (Å²) < 4.78 is 17.0. The first-order valence-corrected chi connectivity index (χ1v) is 5.97. The van der Waals surface area contributed by atoms with Crippen molar-refractivity contribution in [2.24, 2.45) is 0 Å². The van der Waals surface area contributed by atoms with Crippen molar-refractivity contribution in [3.8, 4) is 0 Å². The van der Waals surface area contributed by atoms with Crippen LogP contribution in [0, 0.1) is 0 Å². The van der Waals surface area contributed by atoms with Gasteiger partial charge in [-0.1, -0.05) is 5.21 Å². The van der Waals surface area contributed by atoms with Gasteiger partial charge >= 0.3 is 5.97 Å². The van der Waals surface area contributed by atoms with Crippen LogP contribution in [0.25, 0.3) is 0 Å². The Morgan fingerprint density at radius 1 is 1.26 bits per heavy atom. The molecule has 1 rings (SSSR count). The summed E-state index contributed by atoms with van der Waals surface area (Å²) in [4.78, 5) is 10.5. The van der Waals surface area contributed by atoms with E-state index in [2.05, 4.69) is 10.3 Å². The van der Waals surface area contributed by atoms with E-state index >= 15 is 0 Å². The van der Waals surface area contributed by atoms with Crippen LogP contribution in [0.4, 0.5) is 0 Å². The van der Waals surface area contributed by atoms with Gasteiger partial charge < -0.3 is 19.3 Å². The van der Waals surface area contributed by atoms with Gasteiger partial charge in [0.1, 0.15) is 0 Å². The number of aliphatic carboxylic acids is 1. The molecule has 8 heteroatoms. The van der Waals surface area contributed by atoms with E-state index in [0.29, 0.717) is 45.3 Å². The van der Waals surface area contributed by atoms with Gasteiger partial charge in [0, 0.05) is 13.3 Å². The minimum absolute atomic E-state index is 0.117. The molecule has 0 aromatic carbocycles. The summed E-state index contributed by atoms with van der Waals surface area (Å²) in [6.07, 6.45) is 1.49. The number of methoxy groups -OCH3 is 1. The number of rotatable bonds is 11. The van der Waals surface area contributed by atoms with E-state index in [1.54, 1.807) is 18.0 Å². The standard InChI is InChI=1S/C11H19N3O5/c1-17-4-5-19-7-6-18-3-2-14-9-10(12-13-14)8-11(15)16/h9H,2-8H2,1H3,(H,15,16). The third-order valence-electron chi connectivity index (χ3n) is 2.19. The summed E-state index contributed by atoms with van der Waals surface area (Å²) in [5.41, 5.74) is 0.440. The second kappa shape index (κ2) is 9.42. The third-order valence-corrected chi connectivity index (χ3v) is 2.19. The Hall–Kier alpha value is -1.51. The van der Waals surface area contributed by atoms with Crippen molar-refractivity contribution in [2.45, 2.75) is 13.0 Å². The Balaban J connectivity index is 2.03. The van der Waals surface area contributed by atoms with E-state index in [4.69, 9.17) is 19.3 Å². The van der Waals surface area contributed by atoms with E-state index in [9.17, 15) is 4.79 Å². The number of aromatic nitrogens is 3. The molecule has 108 valence electrons. The molecule has 0 amide bonds. The summed E-state index contributed by atoms with van der Waals surface area (Å²) in [5.74, 6) is -0.920. The minimum Gasteiger partial charge on any atom is -0.481 e. The van der Waals surface area contributed by atoms with E-state index in [0.717, 1.165) is 0 Å². The zero-order valence-electron chi connectivity index (χ0n) is 10.9.